The molecule has 1 aromatic rings. The summed E-state index contributed by atoms with van der Waals surface area (Å²) in [5, 5.41) is 0. The fourth-order valence-corrected chi connectivity index (χ4v) is 9.14. The Morgan fingerprint density at radius 3 is 2.33 bits per heavy atom. The van der Waals surface area contributed by atoms with Crippen molar-refractivity contribution in [3.63, 3.8) is 0 Å². The van der Waals surface area contributed by atoms with Gasteiger partial charge in [-0.3, -0.25) is 0 Å². The normalized spacial score (nSPS) is 12.6. The summed E-state index contributed by atoms with van der Waals surface area (Å²) < 4.78 is 2.92. The number of anilines is 1. The van der Waals surface area contributed by atoms with Crippen LogP contribution in [0.4, 0.5) is 5.69 Å². The van der Waals surface area contributed by atoms with Crippen LogP contribution in [-0.2, 0) is 0 Å². The van der Waals surface area contributed by atoms with Gasteiger partial charge in [-0.15, -0.1) is 0 Å². The molecular formula is C15H26HoNP. The maximum absolute atomic E-state index is 2.64. The number of unbranched alkanes of at least 4 members (excludes halogenated alkanes) is 2. The van der Waals surface area contributed by atoms with Gasteiger partial charge in [0.2, 0.25) is 0 Å². The number of hydrogen-bond acceptors (Lipinski definition) is 1. The molecule has 3 heteroatoms. The molecule has 0 aromatic heterocycles. The molecule has 0 aliphatic carbocycles. The van der Waals surface area contributed by atoms with Crippen LogP contribution in [0, 0.1) is 33.5 Å². The third-order valence-electron chi connectivity index (χ3n) is 2.73. The second kappa shape index (κ2) is 10.5. The van der Waals surface area contributed by atoms with E-state index in [9.17, 15) is 0 Å². The SMILES string of the molecule is CCCCC[P](CC)[Ho][N](CC)c1ccccc1. The topological polar surface area (TPSA) is 3.24 Å². The van der Waals surface area contributed by atoms with E-state index in [4.69, 9.17) is 0 Å². The molecule has 18 heavy (non-hydrogen) atoms. The summed E-state index contributed by atoms with van der Waals surface area (Å²) in [6.07, 6.45) is 7.10. The molecule has 107 valence electrons. The van der Waals surface area contributed by atoms with Gasteiger partial charge in [-0.1, -0.05) is 0 Å². The zero-order valence-electron chi connectivity index (χ0n) is 11.8. The standard InChI is InChI=1S/C8H10N.C7H16P.Ho/c1-2-9-8-6-4-3-5-7-8;1-3-5-6-7-8-4-2;/h3-7H,2H2,1H3;3-7H2,1-2H3;/q2*-1;+2. The molecule has 0 bridgehead atoms. The molecule has 0 radical (unpaired) electrons. The molecule has 0 heterocycles. The zero-order chi connectivity index (χ0) is 13.2. The molecule has 0 amide bonds. The summed E-state index contributed by atoms with van der Waals surface area (Å²) in [6.45, 7) is 8.13. The Morgan fingerprint density at radius 1 is 1.06 bits per heavy atom. The molecule has 0 fully saturated rings. The zero-order valence-corrected chi connectivity index (χ0v) is 14.7. The van der Waals surface area contributed by atoms with Gasteiger partial charge in [0.15, 0.2) is 0 Å². The third kappa shape index (κ3) is 6.24. The van der Waals surface area contributed by atoms with Crippen LogP contribution in [0.5, 0.6) is 0 Å². The molecule has 1 rings (SSSR count). The fraction of sp³-hybridized carbons (Fsp3) is 0.600. The minimum atomic E-state index is 0.284. The Balaban J connectivity index is 2.50. The molecule has 0 aliphatic heterocycles. The summed E-state index contributed by atoms with van der Waals surface area (Å²) in [5.74, 6) is 0. The van der Waals surface area contributed by atoms with Crippen molar-refractivity contribution < 1.29 is 33.5 Å². The Hall–Kier alpha value is 0.710. The van der Waals surface area contributed by atoms with Crippen molar-refractivity contribution in [3.8, 4) is 0 Å². The molecule has 1 aromatic carbocycles. The Labute approximate surface area is 132 Å². The van der Waals surface area contributed by atoms with Gasteiger partial charge in [0, 0.05) is 0 Å². The van der Waals surface area contributed by atoms with Crippen LogP contribution in [0.15, 0.2) is 30.3 Å². The molecule has 0 saturated heterocycles. The number of rotatable bonds is 9. The van der Waals surface area contributed by atoms with E-state index in [1.165, 1.54) is 37.3 Å². The van der Waals surface area contributed by atoms with Crippen molar-refractivity contribution in [2.24, 2.45) is 0 Å². The predicted octanol–water partition coefficient (Wildman–Crippen LogP) is 5.12. The monoisotopic (exact) mass is 416 g/mol. The molecule has 0 spiro atoms. The molecule has 0 aliphatic rings. The van der Waals surface area contributed by atoms with Crippen molar-refractivity contribution in [1.82, 2.24) is 0 Å². The minimum absolute atomic E-state index is 0.284. The van der Waals surface area contributed by atoms with Gasteiger partial charge < -0.3 is 0 Å². The number of benzene rings is 1. The second-order valence-electron chi connectivity index (χ2n) is 4.19. The fourth-order valence-electron chi connectivity index (χ4n) is 1.69. The van der Waals surface area contributed by atoms with Gasteiger partial charge in [0.25, 0.3) is 0 Å². The third-order valence-corrected chi connectivity index (χ3v) is 11.7. The van der Waals surface area contributed by atoms with Gasteiger partial charge >= 0.3 is 133 Å². The van der Waals surface area contributed by atoms with Crippen LogP contribution in [0.2, 0.25) is 0 Å². The molecule has 1 unspecified atom stereocenters. The number of para-hydroxylation sites is 1. The molecule has 1 atom stereocenters. The van der Waals surface area contributed by atoms with Crippen LogP contribution >= 0.6 is 3.33 Å². The van der Waals surface area contributed by atoms with E-state index >= 15 is 0 Å². The van der Waals surface area contributed by atoms with Crippen molar-refractivity contribution >= 4 is 9.02 Å². The first-order chi connectivity index (χ1) is 8.81. The molecule has 0 saturated carbocycles. The number of nitrogens with zero attached hydrogens (tertiary/aromatic N) is 1. The predicted molar refractivity (Wildman–Crippen MR) is 81.3 cm³/mol. The van der Waals surface area contributed by atoms with E-state index < -0.39 is 0 Å². The second-order valence-corrected chi connectivity index (χ2v) is 12.1. The molecular weight excluding hydrogens is 390 g/mol. The average Bonchev–Trinajstić information content (AvgIpc) is 2.43. The average molecular weight is 416 g/mol. The van der Waals surface area contributed by atoms with Crippen LogP contribution < -0.4 is 1.39 Å². The van der Waals surface area contributed by atoms with Crippen molar-refractivity contribution in [2.75, 3.05) is 20.3 Å². The summed E-state index contributed by atoms with van der Waals surface area (Å²) in [7, 11) is 0. The van der Waals surface area contributed by atoms with Crippen molar-refractivity contribution in [2.45, 2.75) is 40.0 Å². The van der Waals surface area contributed by atoms with E-state index in [1.807, 2.05) is 0 Å². The Morgan fingerprint density at radius 2 is 1.78 bits per heavy atom. The quantitative estimate of drug-likeness (QED) is 0.307. The first-order valence-electron chi connectivity index (χ1n) is 6.97. The summed E-state index contributed by atoms with van der Waals surface area (Å²) in [6, 6.07) is 10.9. The van der Waals surface area contributed by atoms with Gasteiger partial charge in [-0.2, -0.15) is 0 Å². The summed E-state index contributed by atoms with van der Waals surface area (Å²) in [5.41, 5.74) is 1.43. The van der Waals surface area contributed by atoms with Gasteiger partial charge in [-0.05, 0) is 0 Å². The Bertz CT molecular complexity index is 305. The van der Waals surface area contributed by atoms with Crippen LogP contribution in [0.25, 0.3) is 0 Å². The summed E-state index contributed by atoms with van der Waals surface area (Å²) >= 11 is 0.320. The van der Waals surface area contributed by atoms with Gasteiger partial charge in [0.1, 0.15) is 0 Å². The molecule has 0 N–H and O–H groups in total. The van der Waals surface area contributed by atoms with Crippen LogP contribution in [0.3, 0.4) is 0 Å². The first-order valence-corrected chi connectivity index (χ1v) is 12.0. The van der Waals surface area contributed by atoms with Crippen molar-refractivity contribution in [1.29, 1.82) is 0 Å². The van der Waals surface area contributed by atoms with Gasteiger partial charge in [-0.25, -0.2) is 0 Å². The van der Waals surface area contributed by atoms with E-state index in [1.54, 1.807) is 0 Å². The van der Waals surface area contributed by atoms with Crippen LogP contribution in [-0.4, -0.2) is 18.9 Å². The van der Waals surface area contributed by atoms with E-state index in [2.05, 4.69) is 52.5 Å². The van der Waals surface area contributed by atoms with Crippen LogP contribution in [0.1, 0.15) is 40.0 Å². The summed E-state index contributed by atoms with van der Waals surface area (Å²) in [4.78, 5) is 0. The number of hydrogen-bond donors (Lipinski definition) is 0. The molecule has 1 nitrogen and oxygen atoms in total. The van der Waals surface area contributed by atoms with Crippen molar-refractivity contribution in [3.05, 3.63) is 30.3 Å². The van der Waals surface area contributed by atoms with E-state index in [-0.39, 0.29) is 3.33 Å². The maximum atomic E-state index is 2.64. The van der Waals surface area contributed by atoms with Gasteiger partial charge in [0.05, 0.1) is 0 Å². The van der Waals surface area contributed by atoms with E-state index in [0.29, 0.717) is 33.5 Å². The Kier molecular flexibility index (Phi) is 9.77. The van der Waals surface area contributed by atoms with E-state index in [0.717, 1.165) is 6.54 Å². The first kappa shape index (κ1) is 16.8.